The topological polar surface area (TPSA) is 83.8 Å². The summed E-state index contributed by atoms with van der Waals surface area (Å²) < 4.78 is 4.84. The Labute approximate surface area is 74.6 Å². The van der Waals surface area contributed by atoms with Crippen LogP contribution in [0.2, 0.25) is 0 Å². The van der Waals surface area contributed by atoms with E-state index in [0.717, 1.165) is 0 Å². The first kappa shape index (κ1) is 9.57. The third-order valence-electron chi connectivity index (χ3n) is 1.79. The van der Waals surface area contributed by atoms with Gasteiger partial charge >= 0.3 is 11.9 Å². The third-order valence-corrected chi connectivity index (χ3v) is 1.79. The van der Waals surface area contributed by atoms with E-state index in [1.807, 2.05) is 0 Å². The molecule has 0 aromatic carbocycles. The smallest absolute Gasteiger partial charge is 0.371 e. The molecule has 0 fully saturated rings. The van der Waals surface area contributed by atoms with E-state index in [9.17, 15) is 9.59 Å². The molecule has 0 unspecified atom stereocenters. The molecular formula is C8H10O5. The molecule has 72 valence electrons. The minimum Gasteiger partial charge on any atom is -0.486 e. The van der Waals surface area contributed by atoms with Crippen LogP contribution in [-0.4, -0.2) is 28.8 Å². The molecule has 0 aliphatic carbocycles. The zero-order valence-corrected chi connectivity index (χ0v) is 6.95. The van der Waals surface area contributed by atoms with Gasteiger partial charge in [0.2, 0.25) is 5.76 Å². The van der Waals surface area contributed by atoms with E-state index >= 15 is 0 Å². The number of ether oxygens (including phenoxy) is 1. The summed E-state index contributed by atoms with van der Waals surface area (Å²) in [5, 5.41) is 17.3. The van der Waals surface area contributed by atoms with Gasteiger partial charge in [-0.1, -0.05) is 0 Å². The van der Waals surface area contributed by atoms with Crippen LogP contribution in [0, 0.1) is 0 Å². The van der Waals surface area contributed by atoms with Gasteiger partial charge in [-0.2, -0.15) is 0 Å². The fraction of sp³-hybridized carbons (Fsp3) is 0.500. The molecule has 5 heteroatoms. The summed E-state index contributed by atoms with van der Waals surface area (Å²) in [5.41, 5.74) is -0.134. The molecule has 1 aliphatic rings. The number of hydrogen-bond acceptors (Lipinski definition) is 3. The maximum Gasteiger partial charge on any atom is 0.371 e. The van der Waals surface area contributed by atoms with Gasteiger partial charge in [-0.25, -0.2) is 9.59 Å². The van der Waals surface area contributed by atoms with Crippen molar-refractivity contribution in [2.24, 2.45) is 0 Å². The van der Waals surface area contributed by atoms with Crippen molar-refractivity contribution < 1.29 is 24.5 Å². The molecule has 13 heavy (non-hydrogen) atoms. The van der Waals surface area contributed by atoms with Crippen LogP contribution in [0.25, 0.3) is 0 Å². The van der Waals surface area contributed by atoms with Crippen LogP contribution in [0.5, 0.6) is 0 Å². The maximum atomic E-state index is 10.6. The molecule has 0 bridgehead atoms. The van der Waals surface area contributed by atoms with Crippen molar-refractivity contribution in [3.8, 4) is 0 Å². The minimum absolute atomic E-state index is 0.134. The summed E-state index contributed by atoms with van der Waals surface area (Å²) in [6.07, 6.45) is 1.60. The van der Waals surface area contributed by atoms with Crippen LogP contribution in [0.1, 0.15) is 19.3 Å². The molecule has 0 radical (unpaired) electrons. The molecule has 1 heterocycles. The van der Waals surface area contributed by atoms with E-state index in [1.54, 1.807) is 0 Å². The Morgan fingerprint density at radius 3 is 2.38 bits per heavy atom. The predicted octanol–water partition coefficient (Wildman–Crippen LogP) is 0.610. The van der Waals surface area contributed by atoms with Gasteiger partial charge in [0, 0.05) is 0 Å². The van der Waals surface area contributed by atoms with Crippen molar-refractivity contribution >= 4 is 11.9 Å². The molecule has 0 saturated carbocycles. The van der Waals surface area contributed by atoms with E-state index in [-0.39, 0.29) is 18.6 Å². The average Bonchev–Trinajstić information content (AvgIpc) is 2.27. The average molecular weight is 186 g/mol. The molecule has 0 atom stereocenters. The number of hydrogen-bond donors (Lipinski definition) is 2. The predicted molar refractivity (Wildman–Crippen MR) is 42.1 cm³/mol. The van der Waals surface area contributed by atoms with Gasteiger partial charge < -0.3 is 14.9 Å². The van der Waals surface area contributed by atoms with Crippen molar-refractivity contribution in [1.82, 2.24) is 0 Å². The Balaban J connectivity index is 2.99. The monoisotopic (exact) mass is 186 g/mol. The summed E-state index contributed by atoms with van der Waals surface area (Å²) in [7, 11) is 0. The number of carboxylic acids is 2. The normalized spacial score (nSPS) is 17.5. The highest BCUT2D eigenvalue weighted by Crippen LogP contribution is 2.19. The Morgan fingerprint density at radius 1 is 1.15 bits per heavy atom. The first-order valence-corrected chi connectivity index (χ1v) is 3.95. The molecular weight excluding hydrogens is 176 g/mol. The van der Waals surface area contributed by atoms with Crippen LogP contribution in [0.15, 0.2) is 11.3 Å². The van der Waals surface area contributed by atoms with E-state index < -0.39 is 17.7 Å². The quantitative estimate of drug-likeness (QED) is 0.660. The summed E-state index contributed by atoms with van der Waals surface area (Å²) in [6.45, 7) is 0.276. The molecule has 2 N–H and O–H groups in total. The van der Waals surface area contributed by atoms with Crippen molar-refractivity contribution in [2.45, 2.75) is 19.3 Å². The van der Waals surface area contributed by atoms with Crippen LogP contribution in [-0.2, 0) is 14.3 Å². The van der Waals surface area contributed by atoms with E-state index in [0.29, 0.717) is 12.8 Å². The Kier molecular flexibility index (Phi) is 2.89. The molecule has 0 amide bonds. The number of carbonyl (C=O) groups is 2. The third kappa shape index (κ3) is 2.21. The highest BCUT2D eigenvalue weighted by molar-refractivity contribution is 5.97. The Hall–Kier alpha value is -1.52. The van der Waals surface area contributed by atoms with Crippen molar-refractivity contribution in [1.29, 1.82) is 0 Å². The van der Waals surface area contributed by atoms with Crippen molar-refractivity contribution in [2.75, 3.05) is 6.61 Å². The highest BCUT2D eigenvalue weighted by atomic mass is 16.5. The second-order valence-corrected chi connectivity index (χ2v) is 2.72. The van der Waals surface area contributed by atoms with Crippen molar-refractivity contribution in [3.63, 3.8) is 0 Å². The second-order valence-electron chi connectivity index (χ2n) is 2.72. The zero-order chi connectivity index (χ0) is 9.84. The highest BCUT2D eigenvalue weighted by Gasteiger charge is 2.23. The molecule has 1 aliphatic heterocycles. The largest absolute Gasteiger partial charge is 0.486 e. The summed E-state index contributed by atoms with van der Waals surface area (Å²) >= 11 is 0. The SMILES string of the molecule is O=C(O)C1=C(C(=O)O)OCCCC1. The molecule has 0 saturated heterocycles. The lowest BCUT2D eigenvalue weighted by Crippen LogP contribution is -2.12. The zero-order valence-electron chi connectivity index (χ0n) is 6.95. The molecule has 5 nitrogen and oxygen atoms in total. The number of rotatable bonds is 2. The van der Waals surface area contributed by atoms with Crippen LogP contribution < -0.4 is 0 Å². The van der Waals surface area contributed by atoms with E-state index in [2.05, 4.69) is 0 Å². The van der Waals surface area contributed by atoms with Gasteiger partial charge in [-0.3, -0.25) is 0 Å². The van der Waals surface area contributed by atoms with E-state index in [4.69, 9.17) is 14.9 Å². The molecule has 0 spiro atoms. The second kappa shape index (κ2) is 3.93. The maximum absolute atomic E-state index is 10.6. The fourth-order valence-corrected chi connectivity index (χ4v) is 1.17. The van der Waals surface area contributed by atoms with Gasteiger partial charge in [0.05, 0.1) is 12.2 Å². The molecule has 1 rings (SSSR count). The van der Waals surface area contributed by atoms with Gasteiger partial charge in [0.15, 0.2) is 0 Å². The Bertz CT molecular complexity index is 240. The fourth-order valence-electron chi connectivity index (χ4n) is 1.17. The van der Waals surface area contributed by atoms with Gasteiger partial charge in [-0.15, -0.1) is 0 Å². The summed E-state index contributed by atoms with van der Waals surface area (Å²) in [6, 6.07) is 0. The number of carboxylic acid groups (broad SMARTS) is 2. The standard InChI is InChI=1S/C8H10O5/c9-7(10)5-3-1-2-4-13-6(5)8(11)12/h1-4H2,(H,9,10)(H,11,12). The first-order chi connectivity index (χ1) is 6.13. The van der Waals surface area contributed by atoms with Crippen LogP contribution >= 0.6 is 0 Å². The van der Waals surface area contributed by atoms with Crippen LogP contribution in [0.4, 0.5) is 0 Å². The minimum atomic E-state index is -1.31. The number of aliphatic carboxylic acids is 2. The van der Waals surface area contributed by atoms with Gasteiger partial charge in [-0.05, 0) is 19.3 Å². The molecule has 0 aromatic rings. The lowest BCUT2D eigenvalue weighted by Gasteiger charge is -2.04. The lowest BCUT2D eigenvalue weighted by molar-refractivity contribution is -0.139. The molecule has 0 aromatic heterocycles. The Morgan fingerprint density at radius 2 is 1.85 bits per heavy atom. The first-order valence-electron chi connectivity index (χ1n) is 3.95. The summed E-state index contributed by atoms with van der Waals surface area (Å²) in [4.78, 5) is 21.2. The van der Waals surface area contributed by atoms with E-state index in [1.165, 1.54) is 0 Å². The lowest BCUT2D eigenvalue weighted by atomic mass is 10.1. The summed E-state index contributed by atoms with van der Waals surface area (Å²) in [5.74, 6) is -2.93. The van der Waals surface area contributed by atoms with Crippen LogP contribution in [0.3, 0.4) is 0 Å². The van der Waals surface area contributed by atoms with Gasteiger partial charge in [0.1, 0.15) is 0 Å². The van der Waals surface area contributed by atoms with Gasteiger partial charge in [0.25, 0.3) is 0 Å². The van der Waals surface area contributed by atoms with Crippen molar-refractivity contribution in [3.05, 3.63) is 11.3 Å².